The van der Waals surface area contributed by atoms with Gasteiger partial charge in [-0.2, -0.15) is 0 Å². The van der Waals surface area contributed by atoms with Gasteiger partial charge >= 0.3 is 0 Å². The van der Waals surface area contributed by atoms with Crippen molar-refractivity contribution in [2.45, 2.75) is 28.3 Å². The van der Waals surface area contributed by atoms with Crippen molar-refractivity contribution in [3.63, 3.8) is 0 Å². The molecule has 0 aliphatic carbocycles. The number of hydrogen-bond donors (Lipinski definition) is 0. The van der Waals surface area contributed by atoms with Crippen LogP contribution >= 0.6 is 27.7 Å². The van der Waals surface area contributed by atoms with Crippen molar-refractivity contribution in [2.75, 3.05) is 20.1 Å². The average molecular weight is 300 g/mol. The third-order valence-corrected chi connectivity index (χ3v) is 4.38. The summed E-state index contributed by atoms with van der Waals surface area (Å²) in [5.41, 5.74) is 1.53. The summed E-state index contributed by atoms with van der Waals surface area (Å²) in [5.74, 6) is 0. The molecule has 88 valence electrons. The summed E-state index contributed by atoms with van der Waals surface area (Å²) >= 11 is 5.64. The highest BCUT2D eigenvalue weighted by atomic mass is 79.9. The Labute approximate surface area is 111 Å². The normalized spacial score (nSPS) is 21.1. The van der Waals surface area contributed by atoms with Crippen molar-refractivity contribution in [3.8, 4) is 0 Å². The van der Waals surface area contributed by atoms with Crippen LogP contribution in [0, 0.1) is 0 Å². The summed E-state index contributed by atoms with van der Waals surface area (Å²) in [6.07, 6.45) is 1.22. The Kier molecular flexibility index (Phi) is 4.34. The molecule has 0 aromatic heterocycles. The summed E-state index contributed by atoms with van der Waals surface area (Å²) < 4.78 is 0. The van der Waals surface area contributed by atoms with Crippen LogP contribution in [0.5, 0.6) is 0 Å². The highest BCUT2D eigenvalue weighted by Crippen LogP contribution is 2.36. The van der Waals surface area contributed by atoms with Crippen molar-refractivity contribution in [3.05, 3.63) is 29.8 Å². The molecule has 0 fully saturated rings. The van der Waals surface area contributed by atoms with Crippen molar-refractivity contribution < 1.29 is 0 Å². The van der Waals surface area contributed by atoms with Gasteiger partial charge in [-0.3, -0.25) is 0 Å². The third kappa shape index (κ3) is 3.25. The maximum atomic E-state index is 3.60. The number of halogens is 1. The number of alkyl halides is 1. The number of fused-ring (bicyclic) bond motifs is 1. The largest absolute Gasteiger partial charge is 0.304 e. The van der Waals surface area contributed by atoms with Crippen molar-refractivity contribution in [1.82, 2.24) is 4.90 Å². The lowest BCUT2D eigenvalue weighted by Crippen LogP contribution is -2.31. The quantitative estimate of drug-likeness (QED) is 0.784. The smallest absolute Gasteiger partial charge is 0.0263 e. The van der Waals surface area contributed by atoms with E-state index in [0.29, 0.717) is 4.83 Å². The molecule has 0 radical (unpaired) electrons. The molecule has 1 aliphatic heterocycles. The second kappa shape index (κ2) is 5.56. The Morgan fingerprint density at radius 3 is 2.94 bits per heavy atom. The van der Waals surface area contributed by atoms with E-state index in [1.165, 1.54) is 23.4 Å². The van der Waals surface area contributed by atoms with Gasteiger partial charge in [-0.25, -0.2) is 0 Å². The molecular formula is C13H18BrNS. The van der Waals surface area contributed by atoms with E-state index in [4.69, 9.17) is 0 Å². The molecule has 0 N–H and O–H groups in total. The van der Waals surface area contributed by atoms with Crippen LogP contribution in [0.1, 0.15) is 12.5 Å². The van der Waals surface area contributed by atoms with Gasteiger partial charge in [0, 0.05) is 28.1 Å². The first kappa shape index (κ1) is 12.5. The highest BCUT2D eigenvalue weighted by Gasteiger charge is 2.22. The number of hydrogen-bond acceptors (Lipinski definition) is 2. The third-order valence-electron chi connectivity index (χ3n) is 2.79. The molecule has 1 nitrogen and oxygen atoms in total. The molecule has 0 bridgehead atoms. The molecule has 0 saturated heterocycles. The molecule has 0 amide bonds. The SMILES string of the molecule is CC(Br)CN(C)CC1Cc2ccccc2S1. The minimum atomic E-state index is 0.575. The first-order chi connectivity index (χ1) is 7.65. The molecule has 1 heterocycles. The predicted molar refractivity (Wildman–Crippen MR) is 75.7 cm³/mol. The van der Waals surface area contributed by atoms with Gasteiger partial charge in [-0.15, -0.1) is 11.8 Å². The fourth-order valence-corrected chi connectivity index (χ4v) is 4.11. The lowest BCUT2D eigenvalue weighted by atomic mass is 10.1. The predicted octanol–water partition coefficient (Wildman–Crippen LogP) is 3.42. The lowest BCUT2D eigenvalue weighted by Gasteiger charge is -2.21. The molecule has 3 heteroatoms. The Balaban J connectivity index is 1.87. The van der Waals surface area contributed by atoms with E-state index in [-0.39, 0.29) is 0 Å². The topological polar surface area (TPSA) is 3.24 Å². The van der Waals surface area contributed by atoms with E-state index in [0.717, 1.165) is 11.8 Å². The Hall–Kier alpha value is 0.01000. The van der Waals surface area contributed by atoms with Gasteiger partial charge < -0.3 is 4.90 Å². The summed E-state index contributed by atoms with van der Waals surface area (Å²) in [7, 11) is 2.21. The zero-order chi connectivity index (χ0) is 11.5. The molecule has 2 unspecified atom stereocenters. The fourth-order valence-electron chi connectivity index (χ4n) is 2.21. The first-order valence-electron chi connectivity index (χ1n) is 5.72. The summed E-state index contributed by atoms with van der Waals surface area (Å²) in [5, 5.41) is 0.730. The van der Waals surface area contributed by atoms with Crippen molar-refractivity contribution in [1.29, 1.82) is 0 Å². The van der Waals surface area contributed by atoms with E-state index in [1.807, 2.05) is 11.8 Å². The molecule has 2 rings (SSSR count). The van der Waals surface area contributed by atoms with Crippen molar-refractivity contribution in [2.24, 2.45) is 0 Å². The van der Waals surface area contributed by atoms with Gasteiger partial charge in [0.25, 0.3) is 0 Å². The van der Waals surface area contributed by atoms with Gasteiger partial charge in [0.1, 0.15) is 0 Å². The van der Waals surface area contributed by atoms with E-state index in [1.54, 1.807) is 0 Å². The van der Waals surface area contributed by atoms with Crippen LogP contribution in [0.3, 0.4) is 0 Å². The maximum Gasteiger partial charge on any atom is 0.0263 e. The van der Waals surface area contributed by atoms with Crippen LogP contribution in [0.25, 0.3) is 0 Å². The second-order valence-corrected chi connectivity index (χ2v) is 7.46. The Morgan fingerprint density at radius 2 is 2.25 bits per heavy atom. The molecule has 1 aliphatic rings. The van der Waals surface area contributed by atoms with Crippen LogP contribution in [0.2, 0.25) is 0 Å². The average Bonchev–Trinajstić information content (AvgIpc) is 2.57. The molecule has 1 aromatic rings. The van der Waals surface area contributed by atoms with Gasteiger partial charge in [0.05, 0.1) is 0 Å². The van der Waals surface area contributed by atoms with Crippen LogP contribution in [-0.2, 0) is 6.42 Å². The number of thioether (sulfide) groups is 1. The molecule has 2 atom stereocenters. The number of nitrogens with zero attached hydrogens (tertiary/aromatic N) is 1. The van der Waals surface area contributed by atoms with Crippen LogP contribution in [-0.4, -0.2) is 35.1 Å². The monoisotopic (exact) mass is 299 g/mol. The zero-order valence-electron chi connectivity index (χ0n) is 9.82. The standard InChI is InChI=1S/C13H18BrNS/c1-10(14)8-15(2)9-12-7-11-5-3-4-6-13(11)16-12/h3-6,10,12H,7-9H2,1-2H3. The Bertz CT molecular complexity index is 329. The molecule has 0 spiro atoms. The minimum absolute atomic E-state index is 0.575. The molecule has 16 heavy (non-hydrogen) atoms. The highest BCUT2D eigenvalue weighted by molar-refractivity contribution is 9.09. The van der Waals surface area contributed by atoms with Gasteiger partial charge in [0.15, 0.2) is 0 Å². The number of benzene rings is 1. The first-order valence-corrected chi connectivity index (χ1v) is 7.52. The van der Waals surface area contributed by atoms with E-state index in [9.17, 15) is 0 Å². The fraction of sp³-hybridized carbons (Fsp3) is 0.538. The minimum Gasteiger partial charge on any atom is -0.304 e. The van der Waals surface area contributed by atoms with E-state index < -0.39 is 0 Å². The van der Waals surface area contributed by atoms with Crippen LogP contribution in [0.15, 0.2) is 29.2 Å². The van der Waals surface area contributed by atoms with Crippen LogP contribution < -0.4 is 0 Å². The second-order valence-electron chi connectivity index (χ2n) is 4.55. The zero-order valence-corrected chi connectivity index (χ0v) is 12.2. The molecule has 1 aromatic carbocycles. The lowest BCUT2D eigenvalue weighted by molar-refractivity contribution is 0.341. The molecule has 0 saturated carbocycles. The van der Waals surface area contributed by atoms with E-state index >= 15 is 0 Å². The van der Waals surface area contributed by atoms with Crippen LogP contribution in [0.4, 0.5) is 0 Å². The number of rotatable bonds is 4. The van der Waals surface area contributed by atoms with Gasteiger partial charge in [0.2, 0.25) is 0 Å². The summed E-state index contributed by atoms with van der Waals surface area (Å²) in [6.45, 7) is 4.50. The van der Waals surface area contributed by atoms with Crippen molar-refractivity contribution >= 4 is 27.7 Å². The van der Waals surface area contributed by atoms with E-state index in [2.05, 4.69) is 59.1 Å². The molecular weight excluding hydrogens is 282 g/mol. The maximum absolute atomic E-state index is 3.60. The Morgan fingerprint density at radius 1 is 1.50 bits per heavy atom. The van der Waals surface area contributed by atoms with Gasteiger partial charge in [-0.1, -0.05) is 41.1 Å². The summed E-state index contributed by atoms with van der Waals surface area (Å²) in [4.78, 5) is 4.47. The van der Waals surface area contributed by atoms with Gasteiger partial charge in [-0.05, 0) is 25.1 Å². The summed E-state index contributed by atoms with van der Waals surface area (Å²) in [6, 6.07) is 8.78.